The van der Waals surface area contributed by atoms with Gasteiger partial charge in [-0.25, -0.2) is 0 Å². The molecule has 0 spiro atoms. The molecular weight excluding hydrogens is 252 g/mol. The molecular formula is C16H20N2O2. The van der Waals surface area contributed by atoms with Gasteiger partial charge in [0.1, 0.15) is 12.6 Å². The van der Waals surface area contributed by atoms with Gasteiger partial charge in [-0.15, -0.1) is 0 Å². The molecule has 2 aromatic rings. The largest absolute Gasteiger partial charge is 0.303 e. The summed E-state index contributed by atoms with van der Waals surface area (Å²) in [4.78, 5) is 21.8. The van der Waals surface area contributed by atoms with Crippen LogP contribution in [0.15, 0.2) is 18.2 Å². The summed E-state index contributed by atoms with van der Waals surface area (Å²) in [5, 5.41) is 5.48. The molecule has 0 radical (unpaired) electrons. The molecule has 0 saturated heterocycles. The summed E-state index contributed by atoms with van der Waals surface area (Å²) in [6.07, 6.45) is 2.64. The minimum atomic E-state index is -0.311. The summed E-state index contributed by atoms with van der Waals surface area (Å²) in [6, 6.07) is 6.24. The lowest BCUT2D eigenvalue weighted by Gasteiger charge is -2.07. The smallest absolute Gasteiger partial charge is 0.129 e. The van der Waals surface area contributed by atoms with Crippen molar-refractivity contribution in [3.8, 4) is 0 Å². The number of aldehydes is 2. The predicted octanol–water partition coefficient (Wildman–Crippen LogP) is 2.96. The van der Waals surface area contributed by atoms with Gasteiger partial charge in [0.05, 0.1) is 17.1 Å². The molecule has 4 nitrogen and oxygen atoms in total. The van der Waals surface area contributed by atoms with Crippen molar-refractivity contribution in [1.82, 2.24) is 9.78 Å². The van der Waals surface area contributed by atoms with E-state index in [1.807, 2.05) is 17.8 Å². The fourth-order valence-corrected chi connectivity index (χ4v) is 2.45. The second kappa shape index (κ2) is 5.99. The fraction of sp³-hybridized carbons (Fsp3) is 0.438. The molecule has 106 valence electrons. The Hall–Kier alpha value is -1.97. The number of benzene rings is 1. The summed E-state index contributed by atoms with van der Waals surface area (Å²) in [5.41, 5.74) is 3.06. The van der Waals surface area contributed by atoms with Gasteiger partial charge in [-0.05, 0) is 24.0 Å². The quantitative estimate of drug-likeness (QED) is 0.760. The van der Waals surface area contributed by atoms with Crippen LogP contribution in [0.1, 0.15) is 49.8 Å². The molecule has 0 bridgehead atoms. The minimum Gasteiger partial charge on any atom is -0.303 e. The Morgan fingerprint density at radius 2 is 2.05 bits per heavy atom. The first-order valence-electron chi connectivity index (χ1n) is 6.94. The Morgan fingerprint density at radius 3 is 2.65 bits per heavy atom. The van der Waals surface area contributed by atoms with E-state index in [1.165, 1.54) is 5.56 Å². The van der Waals surface area contributed by atoms with Crippen LogP contribution in [0.5, 0.6) is 0 Å². The van der Waals surface area contributed by atoms with Crippen LogP contribution in [0, 0.1) is 0 Å². The van der Waals surface area contributed by atoms with Gasteiger partial charge < -0.3 is 9.59 Å². The van der Waals surface area contributed by atoms with Crippen molar-refractivity contribution in [2.75, 3.05) is 0 Å². The third-order valence-corrected chi connectivity index (χ3v) is 3.68. The molecule has 0 aliphatic heterocycles. The first-order valence-corrected chi connectivity index (χ1v) is 6.94. The highest BCUT2D eigenvalue weighted by molar-refractivity contribution is 5.86. The second-order valence-corrected chi connectivity index (χ2v) is 5.43. The van der Waals surface area contributed by atoms with E-state index in [2.05, 4.69) is 31.1 Å². The van der Waals surface area contributed by atoms with Crippen LogP contribution < -0.4 is 0 Å². The van der Waals surface area contributed by atoms with Crippen LogP contribution >= 0.6 is 0 Å². The molecule has 0 amide bonds. The van der Waals surface area contributed by atoms with Gasteiger partial charge >= 0.3 is 0 Å². The lowest BCUT2D eigenvalue weighted by atomic mass is 9.96. The third-order valence-electron chi connectivity index (χ3n) is 3.68. The van der Waals surface area contributed by atoms with Crippen LogP contribution in [0.2, 0.25) is 0 Å². The molecule has 20 heavy (non-hydrogen) atoms. The Bertz CT molecular complexity index is 629. The van der Waals surface area contributed by atoms with E-state index < -0.39 is 0 Å². The maximum Gasteiger partial charge on any atom is 0.129 e. The van der Waals surface area contributed by atoms with Crippen LogP contribution in [0.4, 0.5) is 0 Å². The van der Waals surface area contributed by atoms with Crippen molar-refractivity contribution in [2.45, 2.75) is 38.5 Å². The second-order valence-electron chi connectivity index (χ2n) is 5.43. The van der Waals surface area contributed by atoms with E-state index in [0.717, 1.165) is 29.2 Å². The molecule has 1 heterocycles. The molecule has 1 aromatic heterocycles. The molecule has 4 heteroatoms. The van der Waals surface area contributed by atoms with E-state index >= 15 is 0 Å². The summed E-state index contributed by atoms with van der Waals surface area (Å²) in [7, 11) is 1.89. The van der Waals surface area contributed by atoms with Crippen LogP contribution in [0.25, 0.3) is 10.9 Å². The summed E-state index contributed by atoms with van der Waals surface area (Å²) >= 11 is 0. The minimum absolute atomic E-state index is 0.311. The fourth-order valence-electron chi connectivity index (χ4n) is 2.45. The Morgan fingerprint density at radius 1 is 1.30 bits per heavy atom. The summed E-state index contributed by atoms with van der Waals surface area (Å²) in [5.74, 6) is 0.142. The number of fused-ring (bicyclic) bond motifs is 1. The number of carbonyl (C=O) groups is 2. The number of hydrogen-bond donors (Lipinski definition) is 0. The molecule has 1 unspecified atom stereocenters. The molecule has 0 saturated carbocycles. The average Bonchev–Trinajstić information content (AvgIpc) is 2.77. The topological polar surface area (TPSA) is 52.0 Å². The van der Waals surface area contributed by atoms with Gasteiger partial charge in [0.15, 0.2) is 0 Å². The van der Waals surface area contributed by atoms with Crippen molar-refractivity contribution < 1.29 is 9.59 Å². The van der Waals surface area contributed by atoms with Crippen molar-refractivity contribution in [1.29, 1.82) is 0 Å². The zero-order valence-electron chi connectivity index (χ0n) is 12.2. The van der Waals surface area contributed by atoms with Crippen molar-refractivity contribution in [2.24, 2.45) is 7.05 Å². The molecule has 2 rings (SSSR count). The SMILES string of the molecule is CC(C)c1ccc2c(C(C=O)CCC=O)nn(C)c2c1. The number of hydrogen-bond acceptors (Lipinski definition) is 3. The first kappa shape index (κ1) is 14.4. The van der Waals surface area contributed by atoms with Crippen molar-refractivity contribution in [3.63, 3.8) is 0 Å². The lowest BCUT2D eigenvalue weighted by Crippen LogP contribution is -2.03. The highest BCUT2D eigenvalue weighted by atomic mass is 16.1. The average molecular weight is 272 g/mol. The Kier molecular flexibility index (Phi) is 4.32. The highest BCUT2D eigenvalue weighted by Gasteiger charge is 2.18. The Labute approximate surface area is 118 Å². The zero-order chi connectivity index (χ0) is 14.7. The summed E-state index contributed by atoms with van der Waals surface area (Å²) in [6.45, 7) is 4.30. The van der Waals surface area contributed by atoms with Crippen molar-refractivity contribution >= 4 is 23.5 Å². The van der Waals surface area contributed by atoms with Crippen LogP contribution in [0.3, 0.4) is 0 Å². The van der Waals surface area contributed by atoms with E-state index in [1.54, 1.807) is 0 Å². The molecule has 1 atom stereocenters. The molecule has 1 aromatic carbocycles. The molecule has 0 aliphatic carbocycles. The number of aromatic nitrogens is 2. The van der Waals surface area contributed by atoms with E-state index in [-0.39, 0.29) is 5.92 Å². The number of rotatable bonds is 6. The van der Waals surface area contributed by atoms with Gasteiger partial charge in [0, 0.05) is 18.9 Å². The van der Waals surface area contributed by atoms with E-state index in [0.29, 0.717) is 18.8 Å². The zero-order valence-corrected chi connectivity index (χ0v) is 12.2. The molecule has 0 aliphatic rings. The van der Waals surface area contributed by atoms with Gasteiger partial charge in [-0.3, -0.25) is 4.68 Å². The monoisotopic (exact) mass is 272 g/mol. The lowest BCUT2D eigenvalue weighted by molar-refractivity contribution is -0.110. The molecule has 0 N–H and O–H groups in total. The number of aryl methyl sites for hydroxylation is 1. The van der Waals surface area contributed by atoms with Crippen molar-refractivity contribution in [3.05, 3.63) is 29.5 Å². The number of carbonyl (C=O) groups excluding carboxylic acids is 2. The maximum absolute atomic E-state index is 11.3. The third kappa shape index (κ3) is 2.64. The van der Waals surface area contributed by atoms with Gasteiger partial charge in [0.25, 0.3) is 0 Å². The maximum atomic E-state index is 11.3. The number of nitrogens with zero attached hydrogens (tertiary/aromatic N) is 2. The standard InChI is InChI=1S/C16H20N2O2/c1-11(2)12-6-7-14-15(9-12)18(3)17-16(14)13(10-20)5-4-8-19/h6-11,13H,4-5H2,1-3H3. The normalized spacial score (nSPS) is 12.8. The van der Waals surface area contributed by atoms with Gasteiger partial charge in [-0.1, -0.05) is 26.0 Å². The highest BCUT2D eigenvalue weighted by Crippen LogP contribution is 2.28. The predicted molar refractivity (Wildman–Crippen MR) is 78.9 cm³/mol. The first-order chi connectivity index (χ1) is 9.58. The van der Waals surface area contributed by atoms with Crippen LogP contribution in [-0.4, -0.2) is 22.4 Å². The summed E-state index contributed by atoms with van der Waals surface area (Å²) < 4.78 is 1.81. The Balaban J connectivity index is 2.49. The van der Waals surface area contributed by atoms with E-state index in [9.17, 15) is 9.59 Å². The van der Waals surface area contributed by atoms with Crippen LogP contribution in [-0.2, 0) is 16.6 Å². The molecule has 0 fully saturated rings. The van der Waals surface area contributed by atoms with E-state index in [4.69, 9.17) is 0 Å². The van der Waals surface area contributed by atoms with Gasteiger partial charge in [-0.2, -0.15) is 5.10 Å². The van der Waals surface area contributed by atoms with Gasteiger partial charge in [0.2, 0.25) is 0 Å².